The van der Waals surface area contributed by atoms with Gasteiger partial charge in [-0.05, 0) is 66.2 Å². The largest absolute Gasteiger partial charge is 0.480 e. The van der Waals surface area contributed by atoms with Gasteiger partial charge in [0.05, 0.1) is 63.9 Å². The number of amidine groups is 2. The van der Waals surface area contributed by atoms with Crippen LogP contribution < -0.4 is 25.3 Å². The molecule has 0 aliphatic carbocycles. The van der Waals surface area contributed by atoms with E-state index < -0.39 is 59.7 Å². The summed E-state index contributed by atoms with van der Waals surface area (Å²) in [5.74, 6) is -3.12. The topological polar surface area (TPSA) is 280 Å². The molecule has 2 aromatic heterocycles. The van der Waals surface area contributed by atoms with E-state index in [2.05, 4.69) is 30.4 Å². The average molecular weight is 1430 g/mol. The number of halogens is 4. The Labute approximate surface area is 584 Å². The van der Waals surface area contributed by atoms with Crippen LogP contribution in [0.15, 0.2) is 141 Å². The van der Waals surface area contributed by atoms with Gasteiger partial charge in [0.1, 0.15) is 29.8 Å². The number of carbonyl (C=O) groups excluding carboxylic acids is 4. The molecule has 8 aliphatic heterocycles. The van der Waals surface area contributed by atoms with Gasteiger partial charge >= 0.3 is 35.9 Å². The molecule has 99 heavy (non-hydrogen) atoms. The van der Waals surface area contributed by atoms with E-state index in [1.54, 1.807) is 27.1 Å². The maximum Gasteiger partial charge on any atom is 0.338 e. The van der Waals surface area contributed by atoms with E-state index in [-0.39, 0.29) is 58.6 Å². The molecule has 4 N–H and O–H groups in total. The van der Waals surface area contributed by atoms with Crippen LogP contribution in [0.1, 0.15) is 38.8 Å². The number of nitrogens with zero attached hydrogens (tertiary/aromatic N) is 12. The highest BCUT2D eigenvalue weighted by Crippen LogP contribution is 2.40. The number of ether oxygens (including phenoxy) is 4. The smallest absolute Gasteiger partial charge is 0.338 e. The maximum absolute atomic E-state index is 14.0. The summed E-state index contributed by atoms with van der Waals surface area (Å²) >= 11 is 15.8. The lowest BCUT2D eigenvalue weighted by atomic mass is 9.95. The fourth-order valence-electron chi connectivity index (χ4n) is 13.7. The fourth-order valence-corrected chi connectivity index (χ4v) is 15.4. The molecule has 0 spiro atoms. The van der Waals surface area contributed by atoms with Crippen LogP contribution in [-0.2, 0) is 44.7 Å². The SMILES string of the molecule is COC(=O)C1=C(CN2CCN3C(=O)N(c4ccc(CN5CCOC[C@H]5C(=O)O)cc4)C[C@@H]3C2)NC(c2nccs2)=N[C@H]1c1ccc(F)cc1Cl.COC(=O)C1=C(CN2CCN3C(=O)N(c4ccc(N5CCOC[C@H]5C(=O)O)cc4)C[C@@H]3C2)NC(c2nccs2)=N[C@H]1c1ccc(F)cc1Cl. The van der Waals surface area contributed by atoms with Gasteiger partial charge in [0, 0.05) is 158 Å². The van der Waals surface area contributed by atoms with Crippen LogP contribution in [0, 0.1) is 11.6 Å². The number of fused-ring (bicyclic) bond motifs is 2. The Balaban J connectivity index is 0.000000178. The number of morpholine rings is 2. The van der Waals surface area contributed by atoms with Gasteiger partial charge in [-0.25, -0.2) is 42.7 Å². The quantitative estimate of drug-likeness (QED) is 0.0688. The molecule has 4 amide bonds. The van der Waals surface area contributed by atoms with Crippen LogP contribution in [0.5, 0.6) is 0 Å². The fraction of sp³-hybridized carbons (Fsp3) is 0.373. The number of carboxylic acids is 2. The summed E-state index contributed by atoms with van der Waals surface area (Å²) in [5.41, 5.74) is 5.76. The number of aromatic nitrogens is 2. The predicted octanol–water partition coefficient (Wildman–Crippen LogP) is 6.74. The van der Waals surface area contributed by atoms with Gasteiger partial charge in [0.2, 0.25) is 0 Å². The first kappa shape index (κ1) is 68.5. The standard InChI is InChI=1S/C34H35ClFN7O6S.C33H33ClFN7O6S/c1-48-33(46)28-26(38-30(31-37-8-13-50-31)39-29(28)24-7-4-21(36)14-25(24)35)18-40-9-10-42-23(16-40)17-43(34(42)47)22-5-2-20(3-6-22)15-41-11-12-49-19-27(41)32(44)45;1-47-32(45)27-25(37-29(30-36-8-13-49-30)38-28(27)23-7-2-19(35)14-24(23)34)17-39-9-10-41-22(15-39)16-42(33(41)46)21-5-3-20(4-6-21)40-11-12-48-18-26(40)31(43)44/h2-8,13-14,23,27,29H,9-12,15-19H2,1H3,(H,38,39)(H,44,45);2-8,13-14,22,26,28H,9-12,15-18H2,1H3,(H,37,38)(H,43,44)/t23-,27-,29-;22-,26-,28-/m00/s1. The second-order valence-electron chi connectivity index (χ2n) is 24.4. The summed E-state index contributed by atoms with van der Waals surface area (Å²) in [5, 5.41) is 31.0. The molecular weight excluding hydrogens is 1370 g/mol. The molecule has 518 valence electrons. The van der Waals surface area contributed by atoms with Crippen LogP contribution in [0.3, 0.4) is 0 Å². The zero-order chi connectivity index (χ0) is 69.2. The molecule has 32 heteroatoms. The number of aliphatic imine (C=N–C) groups is 2. The molecule has 14 rings (SSSR count). The van der Waals surface area contributed by atoms with Crippen molar-refractivity contribution in [2.75, 3.05) is 134 Å². The van der Waals surface area contributed by atoms with E-state index in [1.165, 1.54) is 73.3 Å². The van der Waals surface area contributed by atoms with Crippen LogP contribution in [-0.4, -0.2) is 236 Å². The first-order valence-corrected chi connectivity index (χ1v) is 34.4. The van der Waals surface area contributed by atoms with E-state index >= 15 is 0 Å². The van der Waals surface area contributed by atoms with Crippen molar-refractivity contribution in [2.24, 2.45) is 9.98 Å². The Morgan fingerprint density at radius 1 is 0.576 bits per heavy atom. The Kier molecular flexibility index (Phi) is 20.7. The van der Waals surface area contributed by atoms with Gasteiger partial charge < -0.3 is 54.5 Å². The molecule has 4 aromatic carbocycles. The molecule has 0 unspecified atom stereocenters. The highest BCUT2D eigenvalue weighted by molar-refractivity contribution is 7.12. The second kappa shape index (κ2) is 29.8. The van der Waals surface area contributed by atoms with Gasteiger partial charge in [-0.15, -0.1) is 22.7 Å². The number of rotatable bonds is 17. The van der Waals surface area contributed by atoms with Crippen LogP contribution >= 0.6 is 45.9 Å². The zero-order valence-corrected chi connectivity index (χ0v) is 56.7. The number of benzene rings is 4. The van der Waals surface area contributed by atoms with Crippen molar-refractivity contribution in [1.29, 1.82) is 0 Å². The highest BCUT2D eigenvalue weighted by atomic mass is 35.5. The number of carbonyl (C=O) groups is 6. The van der Waals surface area contributed by atoms with E-state index in [0.717, 1.165) is 22.6 Å². The van der Waals surface area contributed by atoms with Crippen molar-refractivity contribution < 1.29 is 66.7 Å². The molecule has 0 radical (unpaired) electrons. The van der Waals surface area contributed by atoms with Crippen molar-refractivity contribution in [1.82, 2.24) is 45.1 Å². The molecule has 6 fully saturated rings. The molecule has 6 aromatic rings. The third-order valence-electron chi connectivity index (χ3n) is 18.5. The average Bonchev–Trinajstić information content (AvgIpc) is 1.77. The number of methoxy groups -OCH3 is 2. The first-order chi connectivity index (χ1) is 47.9. The first-order valence-electron chi connectivity index (χ1n) is 31.9. The maximum atomic E-state index is 14.0. The Morgan fingerprint density at radius 3 is 1.47 bits per heavy atom. The normalized spacial score (nSPS) is 23.0. The number of anilines is 3. The number of thiazole rings is 2. The minimum Gasteiger partial charge on any atom is -0.480 e. The zero-order valence-electron chi connectivity index (χ0n) is 53.5. The summed E-state index contributed by atoms with van der Waals surface area (Å²) < 4.78 is 49.2. The van der Waals surface area contributed by atoms with Gasteiger partial charge in [0.25, 0.3) is 0 Å². The summed E-state index contributed by atoms with van der Waals surface area (Å²) in [6, 6.07) is 19.5. The Hall–Kier alpha value is -8.98. The third-order valence-corrected chi connectivity index (χ3v) is 20.8. The van der Waals surface area contributed by atoms with Crippen molar-refractivity contribution in [3.63, 3.8) is 0 Å². The second-order valence-corrected chi connectivity index (χ2v) is 27.0. The highest BCUT2D eigenvalue weighted by Gasteiger charge is 2.45. The van der Waals surface area contributed by atoms with Gasteiger partial charge in [-0.2, -0.15) is 0 Å². The van der Waals surface area contributed by atoms with E-state index in [0.29, 0.717) is 143 Å². The van der Waals surface area contributed by atoms with Crippen molar-refractivity contribution in [3.05, 3.63) is 179 Å². The summed E-state index contributed by atoms with van der Waals surface area (Å²) in [6.07, 6.45) is 3.33. The molecule has 6 saturated heterocycles. The number of amides is 4. The number of aliphatic carboxylic acids is 2. The van der Waals surface area contributed by atoms with E-state index in [4.69, 9.17) is 52.1 Å². The number of esters is 2. The number of carboxylic acid groups (broad SMARTS) is 2. The lowest BCUT2D eigenvalue weighted by molar-refractivity contribution is -0.150. The lowest BCUT2D eigenvalue weighted by Gasteiger charge is -2.38. The summed E-state index contributed by atoms with van der Waals surface area (Å²) in [7, 11) is 2.60. The third kappa shape index (κ3) is 14.6. The molecule has 10 heterocycles. The monoisotopic (exact) mass is 1430 g/mol. The predicted molar refractivity (Wildman–Crippen MR) is 364 cm³/mol. The van der Waals surface area contributed by atoms with Crippen molar-refractivity contribution in [3.8, 4) is 0 Å². The van der Waals surface area contributed by atoms with Crippen molar-refractivity contribution in [2.45, 2.75) is 42.8 Å². The van der Waals surface area contributed by atoms with Crippen LogP contribution in [0.4, 0.5) is 35.4 Å². The molecular formula is C67H68Cl2F2N14O12S2. The summed E-state index contributed by atoms with van der Waals surface area (Å²) in [4.78, 5) is 111. The number of nitrogens with one attached hydrogen (secondary N) is 2. The summed E-state index contributed by atoms with van der Waals surface area (Å²) in [6.45, 7) is 7.43. The van der Waals surface area contributed by atoms with E-state index in [9.17, 15) is 47.8 Å². The van der Waals surface area contributed by atoms with E-state index in [1.807, 2.05) is 74.0 Å². The molecule has 6 atom stereocenters. The van der Waals surface area contributed by atoms with Gasteiger partial charge in [0.15, 0.2) is 27.7 Å². The minimum absolute atomic E-state index is 0.0732. The molecule has 8 aliphatic rings. The lowest BCUT2D eigenvalue weighted by Crippen LogP contribution is -2.53. The molecule has 0 saturated carbocycles. The van der Waals surface area contributed by atoms with Crippen LogP contribution in [0.2, 0.25) is 10.0 Å². The molecule has 0 bridgehead atoms. The van der Waals surface area contributed by atoms with Gasteiger partial charge in [-0.1, -0.05) is 47.5 Å². The minimum atomic E-state index is -0.945. The number of hydrogen-bond donors (Lipinski definition) is 4. The van der Waals surface area contributed by atoms with Crippen LogP contribution in [0.25, 0.3) is 0 Å². The number of hydrogen-bond acceptors (Lipinski definition) is 22. The number of urea groups is 2. The van der Waals surface area contributed by atoms with Crippen molar-refractivity contribution >= 4 is 111 Å². The molecule has 26 nitrogen and oxygen atoms in total. The Morgan fingerprint density at radius 2 is 1.03 bits per heavy atom. The Bertz CT molecular complexity index is 4190. The van der Waals surface area contributed by atoms with Gasteiger partial charge in [-0.3, -0.25) is 39.3 Å². The number of piperazine rings is 2.